The Bertz CT molecular complexity index is 541. The number of rotatable bonds is 8. The molecule has 1 aromatic carbocycles. The summed E-state index contributed by atoms with van der Waals surface area (Å²) >= 11 is 0. The summed E-state index contributed by atoms with van der Waals surface area (Å²) in [5, 5.41) is 12.6. The summed E-state index contributed by atoms with van der Waals surface area (Å²) in [5.41, 5.74) is 0.587. The van der Waals surface area contributed by atoms with E-state index in [1.165, 1.54) is 0 Å². The van der Waals surface area contributed by atoms with Gasteiger partial charge < -0.3 is 10.4 Å². The molecule has 20 heavy (non-hydrogen) atoms. The molecule has 6 heteroatoms. The quantitative estimate of drug-likeness (QED) is 0.682. The van der Waals surface area contributed by atoms with Crippen LogP contribution in [0, 0.1) is 0 Å². The third kappa shape index (κ3) is 4.19. The van der Waals surface area contributed by atoms with Crippen LogP contribution < -0.4 is 10.0 Å². The molecule has 0 bridgehead atoms. The molecule has 1 aliphatic carbocycles. The predicted molar refractivity (Wildman–Crippen MR) is 79.2 cm³/mol. The molecule has 0 heterocycles. The van der Waals surface area contributed by atoms with Crippen molar-refractivity contribution in [3.63, 3.8) is 0 Å². The molecule has 0 radical (unpaired) electrons. The molecule has 0 amide bonds. The smallest absolute Gasteiger partial charge is 0.242 e. The van der Waals surface area contributed by atoms with E-state index < -0.39 is 10.0 Å². The molecule has 112 valence electrons. The lowest BCUT2D eigenvalue weighted by atomic mass is 10.2. The molecule has 1 atom stereocenters. The fraction of sp³-hybridized carbons (Fsp3) is 0.571. The first-order valence-corrected chi connectivity index (χ1v) is 8.54. The average Bonchev–Trinajstić information content (AvgIpc) is 3.22. The van der Waals surface area contributed by atoms with E-state index in [-0.39, 0.29) is 17.0 Å². The van der Waals surface area contributed by atoms with Gasteiger partial charge >= 0.3 is 0 Å². The summed E-state index contributed by atoms with van der Waals surface area (Å²) in [6.07, 6.45) is 2.77. The van der Waals surface area contributed by atoms with Crippen LogP contribution in [0.2, 0.25) is 0 Å². The van der Waals surface area contributed by atoms with Crippen LogP contribution >= 0.6 is 0 Å². The molecule has 0 saturated heterocycles. The number of para-hydroxylation sites is 1. The van der Waals surface area contributed by atoms with E-state index in [0.29, 0.717) is 25.1 Å². The van der Waals surface area contributed by atoms with Gasteiger partial charge in [-0.3, -0.25) is 0 Å². The molecule has 5 nitrogen and oxygen atoms in total. The average molecular weight is 298 g/mol. The second-order valence-corrected chi connectivity index (χ2v) is 6.85. The van der Waals surface area contributed by atoms with E-state index in [0.717, 1.165) is 12.8 Å². The van der Waals surface area contributed by atoms with Crippen LogP contribution in [0.5, 0.6) is 0 Å². The van der Waals surface area contributed by atoms with Crippen LogP contribution in [-0.2, 0) is 10.0 Å². The molecule has 1 aromatic rings. The van der Waals surface area contributed by atoms with E-state index in [4.69, 9.17) is 0 Å². The number of sulfonamides is 1. The topological polar surface area (TPSA) is 78.4 Å². The molecular weight excluding hydrogens is 276 g/mol. The van der Waals surface area contributed by atoms with Crippen molar-refractivity contribution in [2.75, 3.05) is 11.9 Å². The van der Waals surface area contributed by atoms with Gasteiger partial charge in [0.1, 0.15) is 4.90 Å². The number of hydrogen-bond acceptors (Lipinski definition) is 4. The van der Waals surface area contributed by atoms with Crippen molar-refractivity contribution in [1.29, 1.82) is 0 Å². The third-order valence-electron chi connectivity index (χ3n) is 3.34. The molecule has 1 fully saturated rings. The normalized spacial score (nSPS) is 16.9. The Labute approximate surface area is 120 Å². The highest BCUT2D eigenvalue weighted by atomic mass is 32.2. The Morgan fingerprint density at radius 3 is 2.70 bits per heavy atom. The van der Waals surface area contributed by atoms with Gasteiger partial charge in [0.25, 0.3) is 0 Å². The van der Waals surface area contributed by atoms with Crippen molar-refractivity contribution < 1.29 is 13.5 Å². The Morgan fingerprint density at radius 1 is 1.35 bits per heavy atom. The van der Waals surface area contributed by atoms with Gasteiger partial charge in [0.05, 0.1) is 11.8 Å². The minimum absolute atomic E-state index is 0.0926. The summed E-state index contributed by atoms with van der Waals surface area (Å²) in [6, 6.07) is 6.96. The van der Waals surface area contributed by atoms with Crippen molar-refractivity contribution in [2.45, 2.75) is 49.6 Å². The Hall–Kier alpha value is -1.11. The second-order valence-electron chi connectivity index (χ2n) is 5.17. The molecular formula is C14H22N2O3S. The number of benzene rings is 1. The molecule has 1 saturated carbocycles. The van der Waals surface area contributed by atoms with Crippen LogP contribution in [-0.4, -0.2) is 32.2 Å². The first kappa shape index (κ1) is 15.3. The van der Waals surface area contributed by atoms with Crippen LogP contribution in [0.3, 0.4) is 0 Å². The van der Waals surface area contributed by atoms with Crippen LogP contribution in [0.15, 0.2) is 29.2 Å². The Kier molecular flexibility index (Phi) is 5.01. The lowest BCUT2D eigenvalue weighted by molar-refractivity contribution is 0.164. The van der Waals surface area contributed by atoms with Gasteiger partial charge in [-0.15, -0.1) is 0 Å². The number of aliphatic hydroxyl groups excluding tert-OH is 1. The van der Waals surface area contributed by atoms with Crippen LogP contribution in [0.4, 0.5) is 5.69 Å². The maximum absolute atomic E-state index is 12.3. The Morgan fingerprint density at radius 2 is 2.05 bits per heavy atom. The van der Waals surface area contributed by atoms with Crippen molar-refractivity contribution in [2.24, 2.45) is 0 Å². The standard InChI is InChI=1S/C14H22N2O3S/c1-2-12(17)9-10-15-13-5-3-4-6-14(13)20(18,19)16-11-7-8-11/h3-6,11-12,15-17H,2,7-10H2,1H3. The summed E-state index contributed by atoms with van der Waals surface area (Å²) in [7, 11) is -3.46. The molecule has 1 aliphatic rings. The highest BCUT2D eigenvalue weighted by Crippen LogP contribution is 2.25. The van der Waals surface area contributed by atoms with Crippen molar-refractivity contribution in [1.82, 2.24) is 4.72 Å². The van der Waals surface area contributed by atoms with Crippen molar-refractivity contribution in [3.8, 4) is 0 Å². The first-order valence-electron chi connectivity index (χ1n) is 7.06. The van der Waals surface area contributed by atoms with Crippen LogP contribution in [0.1, 0.15) is 32.6 Å². The molecule has 2 rings (SSSR count). The number of anilines is 1. The van der Waals surface area contributed by atoms with E-state index in [9.17, 15) is 13.5 Å². The largest absolute Gasteiger partial charge is 0.393 e. The van der Waals surface area contributed by atoms with Gasteiger partial charge in [-0.1, -0.05) is 19.1 Å². The number of aliphatic hydroxyl groups is 1. The minimum atomic E-state index is -3.46. The lowest BCUT2D eigenvalue weighted by Crippen LogP contribution is -2.26. The summed E-state index contributed by atoms with van der Waals surface area (Å²) in [5.74, 6) is 0. The van der Waals surface area contributed by atoms with Gasteiger partial charge in [0.15, 0.2) is 0 Å². The summed E-state index contributed by atoms with van der Waals surface area (Å²) in [6.45, 7) is 2.47. The fourth-order valence-corrected chi connectivity index (χ4v) is 3.40. The third-order valence-corrected chi connectivity index (χ3v) is 4.92. The van der Waals surface area contributed by atoms with Crippen LogP contribution in [0.25, 0.3) is 0 Å². The highest BCUT2D eigenvalue weighted by Gasteiger charge is 2.29. The van der Waals surface area contributed by atoms with Gasteiger partial charge in [0, 0.05) is 12.6 Å². The van der Waals surface area contributed by atoms with E-state index in [1.807, 2.05) is 6.92 Å². The zero-order chi connectivity index (χ0) is 14.6. The molecule has 0 aromatic heterocycles. The van der Waals surface area contributed by atoms with Gasteiger partial charge in [0.2, 0.25) is 10.0 Å². The van der Waals surface area contributed by atoms with E-state index in [2.05, 4.69) is 10.0 Å². The minimum Gasteiger partial charge on any atom is -0.393 e. The van der Waals surface area contributed by atoms with E-state index >= 15 is 0 Å². The second kappa shape index (κ2) is 6.56. The van der Waals surface area contributed by atoms with Gasteiger partial charge in [-0.25, -0.2) is 13.1 Å². The maximum atomic E-state index is 12.3. The number of nitrogens with one attached hydrogen (secondary N) is 2. The SMILES string of the molecule is CCC(O)CCNc1ccccc1S(=O)(=O)NC1CC1. The summed E-state index contributed by atoms with van der Waals surface area (Å²) in [4.78, 5) is 0.276. The maximum Gasteiger partial charge on any atom is 0.242 e. The zero-order valence-electron chi connectivity index (χ0n) is 11.7. The predicted octanol–water partition coefficient (Wildman–Crippen LogP) is 1.70. The molecule has 3 N–H and O–H groups in total. The van der Waals surface area contributed by atoms with Crippen molar-refractivity contribution in [3.05, 3.63) is 24.3 Å². The van der Waals surface area contributed by atoms with E-state index in [1.54, 1.807) is 24.3 Å². The lowest BCUT2D eigenvalue weighted by Gasteiger charge is -2.14. The zero-order valence-corrected chi connectivity index (χ0v) is 12.5. The summed E-state index contributed by atoms with van der Waals surface area (Å²) < 4.78 is 27.2. The fourth-order valence-electron chi connectivity index (χ4n) is 1.91. The first-order chi connectivity index (χ1) is 9.53. The molecule has 1 unspecified atom stereocenters. The van der Waals surface area contributed by atoms with Gasteiger partial charge in [-0.05, 0) is 37.8 Å². The molecule has 0 spiro atoms. The van der Waals surface area contributed by atoms with Gasteiger partial charge in [-0.2, -0.15) is 0 Å². The Balaban J connectivity index is 2.05. The van der Waals surface area contributed by atoms with Crippen molar-refractivity contribution >= 4 is 15.7 Å². The number of hydrogen-bond donors (Lipinski definition) is 3. The monoisotopic (exact) mass is 298 g/mol. The highest BCUT2D eigenvalue weighted by molar-refractivity contribution is 7.89. The molecule has 0 aliphatic heterocycles.